The van der Waals surface area contributed by atoms with Crippen LogP contribution in [0.25, 0.3) is 0 Å². The van der Waals surface area contributed by atoms with Gasteiger partial charge < -0.3 is 5.73 Å². The lowest BCUT2D eigenvalue weighted by molar-refractivity contribution is -0.129. The van der Waals surface area contributed by atoms with Crippen LogP contribution in [0.15, 0.2) is 30.3 Å². The minimum absolute atomic E-state index is 0.0347. The van der Waals surface area contributed by atoms with Crippen molar-refractivity contribution in [2.45, 2.75) is 37.5 Å². The number of primary amides is 1. The van der Waals surface area contributed by atoms with Crippen LogP contribution >= 0.6 is 0 Å². The highest BCUT2D eigenvalue weighted by Crippen LogP contribution is 2.70. The molecule has 3 unspecified atom stereocenters. The van der Waals surface area contributed by atoms with Gasteiger partial charge in [-0.2, -0.15) is 0 Å². The number of carbonyl (C=O) groups excluding carboxylic acids is 1. The summed E-state index contributed by atoms with van der Waals surface area (Å²) in [5, 5.41) is 0. The van der Waals surface area contributed by atoms with E-state index < -0.39 is 0 Å². The standard InChI is InChI=1S/C16H19NO/c17-14(18)16-8-11-6-13(16)9-15(7-11,10-16)12-4-2-1-3-5-12/h1-5,11,13H,6-10H2,(H2,17,18)/t11?,13?,15?,16-/m1/s1. The third-order valence-electron chi connectivity index (χ3n) is 5.90. The summed E-state index contributed by atoms with van der Waals surface area (Å²) in [4.78, 5) is 12.0. The molecular formula is C16H19NO. The Morgan fingerprint density at radius 2 is 1.94 bits per heavy atom. The lowest BCUT2D eigenvalue weighted by atomic mass is 9.63. The number of amides is 1. The molecule has 0 heterocycles. The third kappa shape index (κ3) is 1.12. The van der Waals surface area contributed by atoms with E-state index >= 15 is 0 Å². The maximum Gasteiger partial charge on any atom is 0.223 e. The lowest BCUT2D eigenvalue weighted by Crippen LogP contribution is -2.41. The van der Waals surface area contributed by atoms with E-state index in [2.05, 4.69) is 30.3 Å². The first-order valence-corrected chi connectivity index (χ1v) is 7.00. The summed E-state index contributed by atoms with van der Waals surface area (Å²) in [5.74, 6) is 1.24. The smallest absolute Gasteiger partial charge is 0.223 e. The third-order valence-corrected chi connectivity index (χ3v) is 5.90. The van der Waals surface area contributed by atoms with Crippen molar-refractivity contribution < 1.29 is 4.79 Å². The number of carbonyl (C=O) groups is 1. The van der Waals surface area contributed by atoms with Gasteiger partial charge in [0.15, 0.2) is 0 Å². The Balaban J connectivity index is 1.81. The molecule has 2 heteroatoms. The fourth-order valence-corrected chi connectivity index (χ4v) is 5.42. The van der Waals surface area contributed by atoms with E-state index in [1.807, 2.05) is 0 Å². The Morgan fingerprint density at radius 1 is 1.17 bits per heavy atom. The van der Waals surface area contributed by atoms with Crippen molar-refractivity contribution in [2.75, 3.05) is 0 Å². The fraction of sp³-hybridized carbons (Fsp3) is 0.562. The summed E-state index contributed by atoms with van der Waals surface area (Å²) >= 11 is 0. The van der Waals surface area contributed by atoms with Gasteiger partial charge in [0.25, 0.3) is 0 Å². The summed E-state index contributed by atoms with van der Waals surface area (Å²) in [6, 6.07) is 10.8. The molecule has 1 amide bonds. The van der Waals surface area contributed by atoms with Crippen LogP contribution in [0.4, 0.5) is 0 Å². The summed E-state index contributed by atoms with van der Waals surface area (Å²) in [5.41, 5.74) is 7.27. The van der Waals surface area contributed by atoms with Crippen molar-refractivity contribution in [3.8, 4) is 0 Å². The average molecular weight is 241 g/mol. The molecule has 4 aliphatic carbocycles. The zero-order chi connectivity index (χ0) is 12.4. The average Bonchev–Trinajstić information content (AvgIpc) is 2.76. The maximum atomic E-state index is 12.0. The number of hydrogen-bond acceptors (Lipinski definition) is 1. The quantitative estimate of drug-likeness (QED) is 0.849. The number of nitrogens with two attached hydrogens (primary N) is 1. The number of benzene rings is 1. The Bertz CT molecular complexity index is 511. The first kappa shape index (κ1) is 10.6. The number of rotatable bonds is 2. The molecule has 18 heavy (non-hydrogen) atoms. The highest BCUT2D eigenvalue weighted by molar-refractivity contribution is 5.83. The second-order valence-corrected chi connectivity index (χ2v) is 6.75. The molecule has 2 nitrogen and oxygen atoms in total. The van der Waals surface area contributed by atoms with Crippen molar-refractivity contribution >= 4 is 5.91 Å². The SMILES string of the molecule is NC(=O)[C@@]12CC3CC1CC(c1ccccc1)(C3)C2. The van der Waals surface area contributed by atoms with Crippen LogP contribution in [0, 0.1) is 17.3 Å². The summed E-state index contributed by atoms with van der Waals surface area (Å²) < 4.78 is 0. The van der Waals surface area contributed by atoms with E-state index in [1.54, 1.807) is 0 Å². The van der Waals surface area contributed by atoms with Crippen LogP contribution in [-0.2, 0) is 10.2 Å². The zero-order valence-corrected chi connectivity index (χ0v) is 10.6. The molecule has 4 saturated carbocycles. The van der Waals surface area contributed by atoms with E-state index in [-0.39, 0.29) is 16.7 Å². The van der Waals surface area contributed by atoms with E-state index in [4.69, 9.17) is 5.73 Å². The molecule has 2 N–H and O–H groups in total. The van der Waals surface area contributed by atoms with Crippen molar-refractivity contribution in [1.82, 2.24) is 0 Å². The van der Waals surface area contributed by atoms with Gasteiger partial charge in [0.05, 0.1) is 5.41 Å². The summed E-state index contributed by atoms with van der Waals surface area (Å²) in [6.07, 6.45) is 5.73. The predicted octanol–water partition coefficient (Wildman–Crippen LogP) is 2.62. The Morgan fingerprint density at radius 3 is 2.61 bits per heavy atom. The molecule has 1 aromatic carbocycles. The molecule has 0 aliphatic heterocycles. The van der Waals surface area contributed by atoms with Crippen molar-refractivity contribution in [2.24, 2.45) is 23.0 Å². The van der Waals surface area contributed by atoms with Crippen LogP contribution in [0.5, 0.6) is 0 Å². The van der Waals surface area contributed by atoms with Gasteiger partial charge in [0.2, 0.25) is 5.91 Å². The van der Waals surface area contributed by atoms with Gasteiger partial charge in [0, 0.05) is 0 Å². The van der Waals surface area contributed by atoms with Gasteiger partial charge >= 0.3 is 0 Å². The Kier molecular flexibility index (Phi) is 1.87. The fourth-order valence-electron chi connectivity index (χ4n) is 5.42. The van der Waals surface area contributed by atoms with E-state index in [1.165, 1.54) is 24.8 Å². The van der Waals surface area contributed by atoms with E-state index in [9.17, 15) is 4.79 Å². The molecule has 4 aliphatic rings. The second kappa shape index (κ2) is 3.17. The maximum absolute atomic E-state index is 12.0. The van der Waals surface area contributed by atoms with Gasteiger partial charge in [-0.15, -0.1) is 0 Å². The van der Waals surface area contributed by atoms with Crippen molar-refractivity contribution in [1.29, 1.82) is 0 Å². The zero-order valence-electron chi connectivity index (χ0n) is 10.6. The molecule has 0 spiro atoms. The molecule has 0 saturated heterocycles. The first-order valence-electron chi connectivity index (χ1n) is 7.00. The molecular weight excluding hydrogens is 222 g/mol. The second-order valence-electron chi connectivity index (χ2n) is 6.75. The van der Waals surface area contributed by atoms with Crippen LogP contribution in [0.1, 0.15) is 37.7 Å². The van der Waals surface area contributed by atoms with Gasteiger partial charge in [-0.05, 0) is 54.9 Å². The summed E-state index contributed by atoms with van der Waals surface area (Å²) in [6.45, 7) is 0. The molecule has 4 bridgehead atoms. The topological polar surface area (TPSA) is 43.1 Å². The number of hydrogen-bond donors (Lipinski definition) is 1. The molecule has 4 atom stereocenters. The highest BCUT2D eigenvalue weighted by atomic mass is 16.1. The predicted molar refractivity (Wildman–Crippen MR) is 69.8 cm³/mol. The highest BCUT2D eigenvalue weighted by Gasteiger charge is 2.66. The van der Waals surface area contributed by atoms with Gasteiger partial charge in [-0.25, -0.2) is 0 Å². The van der Waals surface area contributed by atoms with Crippen molar-refractivity contribution in [3.63, 3.8) is 0 Å². The Hall–Kier alpha value is -1.31. The monoisotopic (exact) mass is 241 g/mol. The van der Waals surface area contributed by atoms with Crippen molar-refractivity contribution in [3.05, 3.63) is 35.9 Å². The normalized spacial score (nSPS) is 44.4. The minimum Gasteiger partial charge on any atom is -0.369 e. The van der Waals surface area contributed by atoms with E-state index in [0.29, 0.717) is 5.92 Å². The minimum atomic E-state index is -0.168. The molecule has 4 fully saturated rings. The lowest BCUT2D eigenvalue weighted by Gasteiger charge is -2.40. The molecule has 1 aromatic rings. The summed E-state index contributed by atoms with van der Waals surface area (Å²) in [7, 11) is 0. The van der Waals surface area contributed by atoms with E-state index in [0.717, 1.165) is 18.8 Å². The molecule has 5 rings (SSSR count). The van der Waals surface area contributed by atoms with Gasteiger partial charge in [0.1, 0.15) is 0 Å². The molecule has 94 valence electrons. The first-order chi connectivity index (χ1) is 8.65. The molecule has 0 radical (unpaired) electrons. The molecule has 0 aromatic heterocycles. The van der Waals surface area contributed by atoms with Gasteiger partial charge in [-0.3, -0.25) is 4.79 Å². The van der Waals surface area contributed by atoms with Crippen LogP contribution in [0.2, 0.25) is 0 Å². The Labute approximate surface area is 108 Å². The van der Waals surface area contributed by atoms with Gasteiger partial charge in [-0.1, -0.05) is 30.3 Å². The van der Waals surface area contributed by atoms with Crippen LogP contribution in [0.3, 0.4) is 0 Å². The van der Waals surface area contributed by atoms with Crippen LogP contribution in [-0.4, -0.2) is 5.91 Å². The largest absolute Gasteiger partial charge is 0.369 e. The van der Waals surface area contributed by atoms with Crippen LogP contribution < -0.4 is 5.73 Å².